The number of carbonyl (C=O) groups is 1. The standard InChI is InChI=1S/C22H34N2O2/c1-4-22(5-2)15-19(26-21(22)25)7-6-13-24-14-12-23-16-20(24)18-10-8-17(3)9-11-18/h8-11,19-20,23H,4-7,12-16H2,1-3H3. The maximum atomic E-state index is 12.3. The number of nitrogens with zero attached hydrogens (tertiary/aromatic N) is 1. The summed E-state index contributed by atoms with van der Waals surface area (Å²) < 4.78 is 5.70. The van der Waals surface area contributed by atoms with Crippen molar-refractivity contribution in [2.24, 2.45) is 5.41 Å². The molecule has 26 heavy (non-hydrogen) atoms. The summed E-state index contributed by atoms with van der Waals surface area (Å²) in [5.74, 6) is 0.0344. The van der Waals surface area contributed by atoms with Crippen LogP contribution in [0.3, 0.4) is 0 Å². The number of hydrogen-bond donors (Lipinski definition) is 1. The zero-order valence-electron chi connectivity index (χ0n) is 16.6. The van der Waals surface area contributed by atoms with Gasteiger partial charge in [-0.1, -0.05) is 43.7 Å². The van der Waals surface area contributed by atoms with E-state index in [1.54, 1.807) is 0 Å². The van der Waals surface area contributed by atoms with Gasteiger partial charge in [0.2, 0.25) is 0 Å². The summed E-state index contributed by atoms with van der Waals surface area (Å²) in [5, 5.41) is 3.53. The van der Waals surface area contributed by atoms with Gasteiger partial charge in [0.05, 0.1) is 5.41 Å². The zero-order valence-corrected chi connectivity index (χ0v) is 16.6. The van der Waals surface area contributed by atoms with Gasteiger partial charge >= 0.3 is 5.97 Å². The maximum Gasteiger partial charge on any atom is 0.312 e. The molecular weight excluding hydrogens is 324 g/mol. The van der Waals surface area contributed by atoms with Gasteiger partial charge < -0.3 is 10.1 Å². The van der Waals surface area contributed by atoms with Crippen molar-refractivity contribution in [3.63, 3.8) is 0 Å². The summed E-state index contributed by atoms with van der Waals surface area (Å²) in [6, 6.07) is 9.37. The molecule has 2 aliphatic heterocycles. The van der Waals surface area contributed by atoms with Gasteiger partial charge in [-0.25, -0.2) is 0 Å². The van der Waals surface area contributed by atoms with Gasteiger partial charge in [-0.3, -0.25) is 9.69 Å². The lowest BCUT2D eigenvalue weighted by Gasteiger charge is -2.36. The number of nitrogens with one attached hydrogen (secondary N) is 1. The second-order valence-electron chi connectivity index (χ2n) is 8.03. The number of rotatable bonds is 7. The zero-order chi connectivity index (χ0) is 18.6. The van der Waals surface area contributed by atoms with Crippen LogP contribution < -0.4 is 5.32 Å². The van der Waals surface area contributed by atoms with Crippen molar-refractivity contribution in [3.05, 3.63) is 35.4 Å². The third-order valence-corrected chi connectivity index (χ3v) is 6.47. The largest absolute Gasteiger partial charge is 0.462 e. The summed E-state index contributed by atoms with van der Waals surface area (Å²) >= 11 is 0. The predicted molar refractivity (Wildman–Crippen MR) is 105 cm³/mol. The van der Waals surface area contributed by atoms with Crippen LogP contribution in [-0.4, -0.2) is 43.2 Å². The molecule has 0 aliphatic carbocycles. The van der Waals surface area contributed by atoms with E-state index in [1.807, 2.05) is 0 Å². The number of aryl methyl sites for hydroxylation is 1. The van der Waals surface area contributed by atoms with E-state index in [1.165, 1.54) is 11.1 Å². The van der Waals surface area contributed by atoms with Crippen LogP contribution >= 0.6 is 0 Å². The third kappa shape index (κ3) is 4.12. The fraction of sp³-hybridized carbons (Fsp3) is 0.682. The molecule has 2 heterocycles. The Morgan fingerprint density at radius 3 is 2.62 bits per heavy atom. The Morgan fingerprint density at radius 1 is 1.23 bits per heavy atom. The molecule has 4 heteroatoms. The molecule has 0 aromatic heterocycles. The first kappa shape index (κ1) is 19.4. The fourth-order valence-electron chi connectivity index (χ4n) is 4.48. The highest BCUT2D eigenvalue weighted by atomic mass is 16.6. The SMILES string of the molecule is CCC1(CC)CC(CCCN2CCNCC2c2ccc(C)cc2)OC1=O. The molecule has 144 valence electrons. The molecule has 1 aromatic carbocycles. The van der Waals surface area contributed by atoms with E-state index < -0.39 is 0 Å². The summed E-state index contributed by atoms with van der Waals surface area (Å²) in [5.41, 5.74) is 2.48. The van der Waals surface area contributed by atoms with Crippen LogP contribution in [0.25, 0.3) is 0 Å². The highest BCUT2D eigenvalue weighted by Gasteiger charge is 2.45. The number of hydrogen-bond acceptors (Lipinski definition) is 4. The van der Waals surface area contributed by atoms with Crippen molar-refractivity contribution in [1.82, 2.24) is 10.2 Å². The van der Waals surface area contributed by atoms with Crippen LogP contribution in [0.15, 0.2) is 24.3 Å². The Labute approximate surface area is 158 Å². The molecule has 2 unspecified atom stereocenters. The second-order valence-corrected chi connectivity index (χ2v) is 8.03. The summed E-state index contributed by atoms with van der Waals surface area (Å²) in [6.07, 6.45) is 4.88. The van der Waals surface area contributed by atoms with Crippen LogP contribution in [0.1, 0.15) is 63.1 Å². The summed E-state index contributed by atoms with van der Waals surface area (Å²) in [6.45, 7) is 10.6. The maximum absolute atomic E-state index is 12.3. The average molecular weight is 359 g/mol. The lowest BCUT2D eigenvalue weighted by Crippen LogP contribution is -2.46. The Bertz CT molecular complexity index is 595. The minimum Gasteiger partial charge on any atom is -0.462 e. The molecular formula is C22H34N2O2. The smallest absolute Gasteiger partial charge is 0.312 e. The molecule has 0 saturated carbocycles. The van der Waals surface area contributed by atoms with E-state index in [9.17, 15) is 4.79 Å². The Hall–Kier alpha value is -1.39. The van der Waals surface area contributed by atoms with E-state index >= 15 is 0 Å². The summed E-state index contributed by atoms with van der Waals surface area (Å²) in [4.78, 5) is 14.8. The summed E-state index contributed by atoms with van der Waals surface area (Å²) in [7, 11) is 0. The van der Waals surface area contributed by atoms with Crippen molar-refractivity contribution in [1.29, 1.82) is 0 Å². The van der Waals surface area contributed by atoms with E-state index in [0.29, 0.717) is 6.04 Å². The predicted octanol–water partition coefficient (Wildman–Crippen LogP) is 3.84. The Morgan fingerprint density at radius 2 is 1.96 bits per heavy atom. The average Bonchev–Trinajstić information content (AvgIpc) is 2.99. The molecule has 2 atom stereocenters. The number of benzene rings is 1. The molecule has 1 N–H and O–H groups in total. The second kappa shape index (κ2) is 8.53. The molecule has 2 fully saturated rings. The number of cyclic esters (lactones) is 1. The van der Waals surface area contributed by atoms with Crippen molar-refractivity contribution < 1.29 is 9.53 Å². The lowest BCUT2D eigenvalue weighted by atomic mass is 9.79. The third-order valence-electron chi connectivity index (χ3n) is 6.47. The van der Waals surface area contributed by atoms with Crippen molar-refractivity contribution in [3.8, 4) is 0 Å². The first-order valence-electron chi connectivity index (χ1n) is 10.3. The Kier molecular flexibility index (Phi) is 6.36. The van der Waals surface area contributed by atoms with Gasteiger partial charge in [0.25, 0.3) is 0 Å². The van der Waals surface area contributed by atoms with E-state index in [4.69, 9.17) is 4.74 Å². The minimum absolute atomic E-state index is 0.0344. The van der Waals surface area contributed by atoms with E-state index in [2.05, 4.69) is 55.3 Å². The van der Waals surface area contributed by atoms with Gasteiger partial charge in [0.1, 0.15) is 6.10 Å². The van der Waals surface area contributed by atoms with E-state index in [-0.39, 0.29) is 17.5 Å². The highest BCUT2D eigenvalue weighted by Crippen LogP contribution is 2.41. The van der Waals surface area contributed by atoms with Crippen LogP contribution in [-0.2, 0) is 9.53 Å². The molecule has 2 saturated heterocycles. The molecule has 0 bridgehead atoms. The highest BCUT2D eigenvalue weighted by molar-refractivity contribution is 5.78. The number of ether oxygens (including phenoxy) is 1. The number of piperazine rings is 1. The molecule has 4 nitrogen and oxygen atoms in total. The quantitative estimate of drug-likeness (QED) is 0.752. The fourth-order valence-corrected chi connectivity index (χ4v) is 4.48. The van der Waals surface area contributed by atoms with Crippen molar-refractivity contribution >= 4 is 5.97 Å². The molecule has 0 spiro atoms. The topological polar surface area (TPSA) is 41.6 Å². The lowest BCUT2D eigenvalue weighted by molar-refractivity contribution is -0.149. The molecule has 0 amide bonds. The van der Waals surface area contributed by atoms with Crippen LogP contribution in [0.2, 0.25) is 0 Å². The van der Waals surface area contributed by atoms with Gasteiger partial charge in [0, 0.05) is 32.1 Å². The Balaban J connectivity index is 1.53. The molecule has 0 radical (unpaired) electrons. The molecule has 2 aliphatic rings. The first-order valence-corrected chi connectivity index (χ1v) is 10.3. The number of carbonyl (C=O) groups excluding carboxylic acids is 1. The van der Waals surface area contributed by atoms with Gasteiger partial charge in [-0.15, -0.1) is 0 Å². The van der Waals surface area contributed by atoms with Crippen LogP contribution in [0.4, 0.5) is 0 Å². The van der Waals surface area contributed by atoms with Crippen LogP contribution in [0.5, 0.6) is 0 Å². The minimum atomic E-state index is -0.218. The number of esters is 1. The normalized spacial score (nSPS) is 26.0. The van der Waals surface area contributed by atoms with Crippen LogP contribution in [0, 0.1) is 12.3 Å². The molecule has 1 aromatic rings. The van der Waals surface area contributed by atoms with Gasteiger partial charge in [-0.05, 0) is 44.7 Å². The molecule has 3 rings (SSSR count). The van der Waals surface area contributed by atoms with Crippen molar-refractivity contribution in [2.45, 2.75) is 65.0 Å². The van der Waals surface area contributed by atoms with Crippen molar-refractivity contribution in [2.75, 3.05) is 26.2 Å². The van der Waals surface area contributed by atoms with Gasteiger partial charge in [0.15, 0.2) is 0 Å². The first-order chi connectivity index (χ1) is 12.6. The monoisotopic (exact) mass is 358 g/mol. The van der Waals surface area contributed by atoms with Gasteiger partial charge in [-0.2, -0.15) is 0 Å². The van der Waals surface area contributed by atoms with E-state index in [0.717, 1.165) is 58.3 Å².